The Morgan fingerprint density at radius 3 is 2.32 bits per heavy atom. The first-order valence-electron chi connectivity index (χ1n) is 6.91. The number of halogens is 3. The van der Waals surface area contributed by atoms with E-state index in [4.69, 9.17) is 5.26 Å². The Labute approximate surface area is 111 Å². The first kappa shape index (κ1) is 14.6. The normalized spacial score (nSPS) is 24.1. The summed E-state index contributed by atoms with van der Waals surface area (Å²) >= 11 is 0. The molecule has 0 spiro atoms. The van der Waals surface area contributed by atoms with E-state index in [9.17, 15) is 13.2 Å². The van der Waals surface area contributed by atoms with Gasteiger partial charge in [-0.25, -0.2) is 0 Å². The third kappa shape index (κ3) is 4.66. The molecule has 19 heavy (non-hydrogen) atoms. The molecule has 2 rings (SSSR count). The lowest BCUT2D eigenvalue weighted by atomic mass is 10.0. The number of nitrogens with one attached hydrogen (secondary N) is 1. The molecule has 2 aliphatic rings. The maximum absolute atomic E-state index is 12.5. The zero-order valence-electron chi connectivity index (χ0n) is 10.9. The van der Waals surface area contributed by atoms with Gasteiger partial charge in [-0.15, -0.1) is 0 Å². The summed E-state index contributed by atoms with van der Waals surface area (Å²) in [5.41, 5.74) is 0. The number of hydrogen-bond acceptors (Lipinski definition) is 3. The standard InChI is InChI=1S/C13H20F3N3/c14-13(15,16)11(7-17)9-19-5-3-12(4-6-19)18-8-10-1-2-10/h10-12,18H,1-6,8-9H2. The molecule has 1 aliphatic carbocycles. The van der Waals surface area contributed by atoms with Gasteiger partial charge >= 0.3 is 6.18 Å². The Morgan fingerprint density at radius 2 is 1.84 bits per heavy atom. The molecule has 108 valence electrons. The Kier molecular flexibility index (Phi) is 4.69. The van der Waals surface area contributed by atoms with Gasteiger partial charge in [0.25, 0.3) is 0 Å². The molecule has 1 atom stereocenters. The van der Waals surface area contributed by atoms with Gasteiger partial charge in [0.1, 0.15) is 0 Å². The number of rotatable bonds is 5. The van der Waals surface area contributed by atoms with Crippen LogP contribution in [0.3, 0.4) is 0 Å². The fraction of sp³-hybridized carbons (Fsp3) is 0.923. The van der Waals surface area contributed by atoms with Crippen molar-refractivity contribution in [2.24, 2.45) is 11.8 Å². The smallest absolute Gasteiger partial charge is 0.314 e. The summed E-state index contributed by atoms with van der Waals surface area (Å²) in [5, 5.41) is 12.1. The van der Waals surface area contributed by atoms with Crippen LogP contribution in [-0.4, -0.2) is 43.3 Å². The summed E-state index contributed by atoms with van der Waals surface area (Å²) in [6.45, 7) is 2.16. The number of hydrogen-bond donors (Lipinski definition) is 1. The minimum atomic E-state index is -4.41. The van der Waals surface area contributed by atoms with Crippen LogP contribution in [-0.2, 0) is 0 Å². The minimum absolute atomic E-state index is 0.185. The van der Waals surface area contributed by atoms with Crippen LogP contribution < -0.4 is 5.32 Å². The molecule has 0 aromatic carbocycles. The van der Waals surface area contributed by atoms with Crippen molar-refractivity contribution in [3.05, 3.63) is 0 Å². The van der Waals surface area contributed by atoms with Gasteiger partial charge < -0.3 is 10.2 Å². The highest BCUT2D eigenvalue weighted by atomic mass is 19.4. The van der Waals surface area contributed by atoms with E-state index in [0.29, 0.717) is 19.1 Å². The zero-order chi connectivity index (χ0) is 13.9. The molecule has 3 nitrogen and oxygen atoms in total. The van der Waals surface area contributed by atoms with Crippen LogP contribution in [0.25, 0.3) is 0 Å². The Bertz CT molecular complexity index is 325. The molecule has 2 fully saturated rings. The van der Waals surface area contributed by atoms with Crippen LogP contribution >= 0.6 is 0 Å². The highest BCUT2D eigenvalue weighted by Crippen LogP contribution is 2.29. The van der Waals surface area contributed by atoms with Crippen molar-refractivity contribution in [3.63, 3.8) is 0 Å². The minimum Gasteiger partial charge on any atom is -0.314 e. The maximum atomic E-state index is 12.5. The molecule has 0 aromatic rings. The number of nitriles is 1. The van der Waals surface area contributed by atoms with E-state index in [1.807, 2.05) is 0 Å². The molecule has 0 aromatic heterocycles. The highest BCUT2D eigenvalue weighted by molar-refractivity contribution is 4.92. The van der Waals surface area contributed by atoms with Crippen molar-refractivity contribution in [3.8, 4) is 6.07 Å². The summed E-state index contributed by atoms with van der Waals surface area (Å²) in [6, 6.07) is 1.80. The Morgan fingerprint density at radius 1 is 1.21 bits per heavy atom. The highest BCUT2D eigenvalue weighted by Gasteiger charge is 2.41. The van der Waals surface area contributed by atoms with Gasteiger partial charge in [-0.05, 0) is 51.2 Å². The monoisotopic (exact) mass is 275 g/mol. The number of alkyl halides is 3. The van der Waals surface area contributed by atoms with Crippen LogP contribution in [0.5, 0.6) is 0 Å². The Hall–Kier alpha value is -0.800. The lowest BCUT2D eigenvalue weighted by Gasteiger charge is -2.33. The van der Waals surface area contributed by atoms with E-state index in [0.717, 1.165) is 25.3 Å². The van der Waals surface area contributed by atoms with Crippen LogP contribution in [0.15, 0.2) is 0 Å². The van der Waals surface area contributed by atoms with E-state index in [1.54, 1.807) is 4.90 Å². The van der Waals surface area contributed by atoms with E-state index in [1.165, 1.54) is 18.9 Å². The predicted molar refractivity (Wildman–Crippen MR) is 65.3 cm³/mol. The molecular weight excluding hydrogens is 255 g/mol. The van der Waals surface area contributed by atoms with Gasteiger partial charge in [0, 0.05) is 12.6 Å². The van der Waals surface area contributed by atoms with Gasteiger partial charge in [0.05, 0.1) is 6.07 Å². The first-order chi connectivity index (χ1) is 8.99. The molecule has 1 unspecified atom stereocenters. The lowest BCUT2D eigenvalue weighted by Crippen LogP contribution is -2.46. The lowest BCUT2D eigenvalue weighted by molar-refractivity contribution is -0.163. The average Bonchev–Trinajstić information content (AvgIpc) is 3.17. The number of likely N-dealkylation sites (tertiary alicyclic amines) is 1. The van der Waals surface area contributed by atoms with Crippen molar-refractivity contribution in [1.29, 1.82) is 5.26 Å². The van der Waals surface area contributed by atoms with Gasteiger partial charge in [0.2, 0.25) is 0 Å². The molecule has 1 aliphatic heterocycles. The largest absolute Gasteiger partial charge is 0.405 e. The second kappa shape index (κ2) is 6.10. The van der Waals surface area contributed by atoms with Crippen molar-refractivity contribution in [1.82, 2.24) is 10.2 Å². The Balaban J connectivity index is 1.68. The van der Waals surface area contributed by atoms with E-state index < -0.39 is 12.1 Å². The van der Waals surface area contributed by atoms with Crippen LogP contribution in [0, 0.1) is 23.2 Å². The third-order valence-electron chi connectivity index (χ3n) is 3.97. The van der Waals surface area contributed by atoms with Crippen LogP contribution in [0.4, 0.5) is 13.2 Å². The predicted octanol–water partition coefficient (Wildman–Crippen LogP) is 2.15. The van der Waals surface area contributed by atoms with Crippen LogP contribution in [0.2, 0.25) is 0 Å². The van der Waals surface area contributed by atoms with Crippen molar-refractivity contribution < 1.29 is 13.2 Å². The molecule has 1 heterocycles. The summed E-state index contributed by atoms with van der Waals surface area (Å²) in [7, 11) is 0. The fourth-order valence-corrected chi connectivity index (χ4v) is 2.45. The van der Waals surface area contributed by atoms with E-state index >= 15 is 0 Å². The topological polar surface area (TPSA) is 39.1 Å². The summed E-state index contributed by atoms with van der Waals surface area (Å²) < 4.78 is 37.5. The van der Waals surface area contributed by atoms with Gasteiger partial charge in [0.15, 0.2) is 5.92 Å². The fourth-order valence-electron chi connectivity index (χ4n) is 2.45. The molecule has 0 amide bonds. The van der Waals surface area contributed by atoms with Gasteiger partial charge in [-0.1, -0.05) is 0 Å². The number of piperidine rings is 1. The van der Waals surface area contributed by atoms with Crippen molar-refractivity contribution >= 4 is 0 Å². The van der Waals surface area contributed by atoms with Crippen LogP contribution in [0.1, 0.15) is 25.7 Å². The van der Waals surface area contributed by atoms with Gasteiger partial charge in [-0.2, -0.15) is 18.4 Å². The molecule has 1 saturated heterocycles. The molecule has 1 saturated carbocycles. The summed E-state index contributed by atoms with van der Waals surface area (Å²) in [5.74, 6) is -1.03. The second-order valence-electron chi connectivity index (χ2n) is 5.65. The zero-order valence-corrected chi connectivity index (χ0v) is 10.9. The summed E-state index contributed by atoms with van der Waals surface area (Å²) in [4.78, 5) is 1.76. The summed E-state index contributed by atoms with van der Waals surface area (Å²) in [6.07, 6.45) is -0.0379. The van der Waals surface area contributed by atoms with Crippen molar-refractivity contribution in [2.45, 2.75) is 37.9 Å². The SMILES string of the molecule is N#CC(CN1CCC(NCC2CC2)CC1)C(F)(F)F. The van der Waals surface area contributed by atoms with E-state index in [2.05, 4.69) is 5.32 Å². The van der Waals surface area contributed by atoms with Crippen molar-refractivity contribution in [2.75, 3.05) is 26.2 Å². The maximum Gasteiger partial charge on any atom is 0.405 e. The molecule has 0 radical (unpaired) electrons. The van der Waals surface area contributed by atoms with Gasteiger partial charge in [-0.3, -0.25) is 0 Å². The second-order valence-corrected chi connectivity index (χ2v) is 5.65. The number of nitrogens with zero attached hydrogens (tertiary/aromatic N) is 2. The van der Waals surface area contributed by atoms with E-state index in [-0.39, 0.29) is 6.54 Å². The molecular formula is C13H20F3N3. The first-order valence-corrected chi connectivity index (χ1v) is 6.91. The molecule has 1 N–H and O–H groups in total. The molecule has 6 heteroatoms. The molecule has 0 bridgehead atoms. The quantitative estimate of drug-likeness (QED) is 0.835. The average molecular weight is 275 g/mol. The third-order valence-corrected chi connectivity index (χ3v) is 3.97.